The van der Waals surface area contributed by atoms with Crippen LogP contribution >= 0.6 is 0 Å². The van der Waals surface area contributed by atoms with E-state index in [-0.39, 0.29) is 23.6 Å². The topological polar surface area (TPSA) is 82.9 Å². The van der Waals surface area contributed by atoms with Crippen LogP contribution in [0.15, 0.2) is 12.1 Å². The number of unbranched alkanes of at least 4 members (excludes halogenated alkanes) is 3. The van der Waals surface area contributed by atoms with Gasteiger partial charge >= 0.3 is 0 Å². The molecule has 0 atom stereocenters. The summed E-state index contributed by atoms with van der Waals surface area (Å²) in [6, 6.07) is 3.42. The van der Waals surface area contributed by atoms with E-state index in [1.807, 2.05) is 6.92 Å². The van der Waals surface area contributed by atoms with Gasteiger partial charge in [-0.2, -0.15) is 0 Å². The number of hydrogen-bond acceptors (Lipinski definition) is 5. The molecule has 0 unspecified atom stereocenters. The van der Waals surface area contributed by atoms with Crippen LogP contribution in [-0.4, -0.2) is 64.2 Å². The zero-order valence-corrected chi connectivity index (χ0v) is 23.5. The first-order valence-corrected chi connectivity index (χ1v) is 15.1. The second-order valence-corrected chi connectivity index (χ2v) is 11.7. The first-order chi connectivity index (χ1) is 19.5. The van der Waals surface area contributed by atoms with Crippen molar-refractivity contribution in [1.82, 2.24) is 14.4 Å². The average Bonchev–Trinajstić information content (AvgIpc) is 3.12. The lowest BCUT2D eigenvalue weighted by Crippen LogP contribution is -2.44. The molecule has 4 aliphatic rings. The molecule has 40 heavy (non-hydrogen) atoms. The Hall–Kier alpha value is -3.68. The SMILES string of the molecule is CCCCCN1C(=O)c2ccc3c4c(c5c(c6c7n5CCCN7CCCC6)c(c24)C1=O)C(=O)N(CCCC)C3=O. The van der Waals surface area contributed by atoms with Gasteiger partial charge in [0.1, 0.15) is 5.82 Å². The van der Waals surface area contributed by atoms with Gasteiger partial charge in [0.05, 0.1) is 16.6 Å². The Balaban J connectivity index is 1.62. The minimum Gasteiger partial charge on any atom is -0.358 e. The molecular weight excluding hydrogens is 504 g/mol. The van der Waals surface area contributed by atoms with Crippen LogP contribution in [0.3, 0.4) is 0 Å². The van der Waals surface area contributed by atoms with Crippen LogP contribution in [0, 0.1) is 0 Å². The molecule has 0 radical (unpaired) electrons. The molecule has 4 amide bonds. The molecule has 0 aliphatic carbocycles. The van der Waals surface area contributed by atoms with Crippen LogP contribution in [0.4, 0.5) is 5.82 Å². The molecule has 0 saturated heterocycles. The quantitative estimate of drug-likeness (QED) is 0.291. The smallest absolute Gasteiger partial charge is 0.263 e. The number of aromatic nitrogens is 1. The normalized spacial score (nSPS) is 18.3. The van der Waals surface area contributed by atoms with Crippen LogP contribution in [0.2, 0.25) is 0 Å². The van der Waals surface area contributed by atoms with Crippen molar-refractivity contribution in [3.05, 3.63) is 39.9 Å². The molecule has 3 aromatic rings. The molecule has 0 fully saturated rings. The molecule has 0 bridgehead atoms. The number of aryl methyl sites for hydroxylation is 2. The zero-order valence-electron chi connectivity index (χ0n) is 23.5. The Morgan fingerprint density at radius 1 is 0.650 bits per heavy atom. The molecule has 1 aromatic heterocycles. The summed E-state index contributed by atoms with van der Waals surface area (Å²) in [4.78, 5) is 61.5. The van der Waals surface area contributed by atoms with E-state index in [4.69, 9.17) is 0 Å². The third-order valence-electron chi connectivity index (χ3n) is 9.33. The summed E-state index contributed by atoms with van der Waals surface area (Å²) in [6.07, 6.45) is 8.13. The highest BCUT2D eigenvalue weighted by molar-refractivity contribution is 6.39. The van der Waals surface area contributed by atoms with Gasteiger partial charge in [0.2, 0.25) is 0 Å². The Morgan fingerprint density at radius 3 is 1.98 bits per heavy atom. The van der Waals surface area contributed by atoms with Crippen LogP contribution < -0.4 is 4.90 Å². The van der Waals surface area contributed by atoms with E-state index < -0.39 is 0 Å². The summed E-state index contributed by atoms with van der Waals surface area (Å²) in [6.45, 7) is 7.54. The summed E-state index contributed by atoms with van der Waals surface area (Å²) in [5.41, 5.74) is 3.77. The van der Waals surface area contributed by atoms with Gasteiger partial charge in [-0.05, 0) is 50.7 Å². The second kappa shape index (κ2) is 9.46. The molecule has 7 rings (SSSR count). The number of fused-ring (bicyclic) bond motifs is 5. The first-order valence-electron chi connectivity index (χ1n) is 15.1. The second-order valence-electron chi connectivity index (χ2n) is 11.7. The van der Waals surface area contributed by atoms with Gasteiger partial charge in [0, 0.05) is 65.6 Å². The number of amides is 4. The number of anilines is 1. The number of carbonyl (C=O) groups excluding carboxylic acids is 4. The number of rotatable bonds is 7. The van der Waals surface area contributed by atoms with Crippen molar-refractivity contribution in [2.45, 2.75) is 78.2 Å². The number of benzene rings is 2. The minimum atomic E-state index is -0.332. The van der Waals surface area contributed by atoms with Gasteiger partial charge in [-0.15, -0.1) is 0 Å². The fraction of sp³-hybridized carbons (Fsp3) is 0.500. The monoisotopic (exact) mass is 540 g/mol. The number of hydrogen-bond donors (Lipinski definition) is 0. The number of imide groups is 2. The van der Waals surface area contributed by atoms with Gasteiger partial charge < -0.3 is 9.47 Å². The Kier molecular flexibility index (Phi) is 5.98. The molecule has 0 N–H and O–H groups in total. The lowest BCUT2D eigenvalue weighted by Gasteiger charge is -2.34. The molecule has 0 saturated carbocycles. The van der Waals surface area contributed by atoms with E-state index in [1.165, 1.54) is 9.80 Å². The lowest BCUT2D eigenvalue weighted by molar-refractivity contribution is 0.0588. The van der Waals surface area contributed by atoms with E-state index >= 15 is 0 Å². The van der Waals surface area contributed by atoms with Crippen molar-refractivity contribution in [3.8, 4) is 0 Å². The van der Waals surface area contributed by atoms with Crippen LogP contribution in [-0.2, 0) is 13.0 Å². The van der Waals surface area contributed by atoms with E-state index in [9.17, 15) is 19.2 Å². The molecule has 2 aromatic carbocycles. The fourth-order valence-corrected chi connectivity index (χ4v) is 7.48. The van der Waals surface area contributed by atoms with E-state index in [1.54, 1.807) is 12.1 Å². The van der Waals surface area contributed by atoms with Gasteiger partial charge in [-0.3, -0.25) is 29.0 Å². The summed E-state index contributed by atoms with van der Waals surface area (Å²) in [5.74, 6) is -0.120. The third kappa shape index (κ3) is 3.31. The molecular formula is C32H36N4O4. The first kappa shape index (κ1) is 25.3. The maximum Gasteiger partial charge on any atom is 0.263 e. The minimum absolute atomic E-state index is 0.286. The van der Waals surface area contributed by atoms with Crippen molar-refractivity contribution in [1.29, 1.82) is 0 Å². The predicted octanol–water partition coefficient (Wildman–Crippen LogP) is 5.52. The van der Waals surface area contributed by atoms with Crippen LogP contribution in [0.25, 0.3) is 21.7 Å². The lowest BCUT2D eigenvalue weighted by atomic mass is 9.82. The van der Waals surface area contributed by atoms with Crippen molar-refractivity contribution < 1.29 is 19.2 Å². The summed E-state index contributed by atoms with van der Waals surface area (Å²) < 4.78 is 2.26. The van der Waals surface area contributed by atoms with Crippen molar-refractivity contribution in [3.63, 3.8) is 0 Å². The standard InChI is InChI=1S/C32H36N4O4/c1-3-5-8-17-36-29(37)20-12-13-21-23-22(20)25(31(36)39)24-19-11-7-9-14-33-15-10-18-34(28(19)33)27(24)26(23)32(40)35(30(21)38)16-6-4-2/h12-13H,3-11,14-18H2,1-2H3. The Bertz CT molecular complexity index is 1630. The number of carbonyl (C=O) groups is 4. The maximum atomic E-state index is 14.4. The van der Waals surface area contributed by atoms with Crippen molar-refractivity contribution in [2.75, 3.05) is 31.1 Å². The highest BCUT2D eigenvalue weighted by atomic mass is 16.2. The third-order valence-corrected chi connectivity index (χ3v) is 9.33. The Morgan fingerprint density at radius 2 is 1.27 bits per heavy atom. The van der Waals surface area contributed by atoms with Gasteiger partial charge in [-0.25, -0.2) is 0 Å². The van der Waals surface area contributed by atoms with Gasteiger partial charge in [0.15, 0.2) is 0 Å². The summed E-state index contributed by atoms with van der Waals surface area (Å²) in [7, 11) is 0. The zero-order chi connectivity index (χ0) is 27.7. The van der Waals surface area contributed by atoms with E-state index in [0.29, 0.717) is 46.1 Å². The molecule has 4 aliphatic heterocycles. The molecule has 5 heterocycles. The van der Waals surface area contributed by atoms with Crippen LogP contribution in [0.1, 0.15) is 112 Å². The Labute approximate surface area is 233 Å². The van der Waals surface area contributed by atoms with E-state index in [0.717, 1.165) is 99.7 Å². The van der Waals surface area contributed by atoms with E-state index in [2.05, 4.69) is 16.4 Å². The van der Waals surface area contributed by atoms with Crippen molar-refractivity contribution >= 4 is 51.1 Å². The highest BCUT2D eigenvalue weighted by Crippen LogP contribution is 2.49. The molecule has 8 nitrogen and oxygen atoms in total. The fourth-order valence-electron chi connectivity index (χ4n) is 7.48. The highest BCUT2D eigenvalue weighted by Gasteiger charge is 2.44. The van der Waals surface area contributed by atoms with Gasteiger partial charge in [0.25, 0.3) is 23.6 Å². The van der Waals surface area contributed by atoms with Crippen LogP contribution in [0.5, 0.6) is 0 Å². The number of nitrogens with zero attached hydrogens (tertiary/aromatic N) is 4. The molecule has 8 heteroatoms. The molecule has 0 spiro atoms. The van der Waals surface area contributed by atoms with Crippen molar-refractivity contribution in [2.24, 2.45) is 0 Å². The summed E-state index contributed by atoms with van der Waals surface area (Å²) >= 11 is 0. The maximum absolute atomic E-state index is 14.4. The largest absolute Gasteiger partial charge is 0.358 e. The van der Waals surface area contributed by atoms with Gasteiger partial charge in [-0.1, -0.05) is 33.1 Å². The summed E-state index contributed by atoms with van der Waals surface area (Å²) in [5, 5.41) is 1.84. The molecule has 208 valence electrons. The average molecular weight is 541 g/mol. The predicted molar refractivity (Wildman–Crippen MR) is 154 cm³/mol.